The fraction of sp³-hybridized carbons (Fsp3) is 0.400. The predicted molar refractivity (Wildman–Crippen MR) is 61.6 cm³/mol. The number of benzene rings is 1. The Balaban J connectivity index is 2.43. The van der Waals surface area contributed by atoms with Crippen molar-refractivity contribution in [1.29, 1.82) is 0 Å². The van der Waals surface area contributed by atoms with E-state index in [-0.39, 0.29) is 5.54 Å². The molecule has 2 rings (SSSR count). The van der Waals surface area contributed by atoms with Gasteiger partial charge < -0.3 is 5.73 Å². The molecule has 0 bridgehead atoms. The molecule has 1 aliphatic rings. The Bertz CT molecular complexity index is 332. The summed E-state index contributed by atoms with van der Waals surface area (Å²) in [5.74, 6) is 0. The average molecular weight is 305 g/mol. The van der Waals surface area contributed by atoms with E-state index in [9.17, 15) is 0 Å². The van der Waals surface area contributed by atoms with Gasteiger partial charge in [0.1, 0.15) is 0 Å². The molecule has 1 fully saturated rings. The van der Waals surface area contributed by atoms with Gasteiger partial charge in [0.2, 0.25) is 0 Å². The molecule has 0 aromatic heterocycles. The maximum absolute atomic E-state index is 6.24. The van der Waals surface area contributed by atoms with Crippen LogP contribution in [0.4, 0.5) is 0 Å². The van der Waals surface area contributed by atoms with E-state index in [1.54, 1.807) is 0 Å². The lowest BCUT2D eigenvalue weighted by atomic mass is 9.73. The standard InChI is InChI=1S/C10H11Br2N/c11-7-2-3-9(12)8(6-7)10(13)4-1-5-10/h2-3,6H,1,4-5,13H2. The SMILES string of the molecule is NC1(c2cc(Br)ccc2Br)CCC1. The molecule has 2 N–H and O–H groups in total. The van der Waals surface area contributed by atoms with Gasteiger partial charge in [-0.15, -0.1) is 0 Å². The molecule has 1 aromatic carbocycles. The lowest BCUT2D eigenvalue weighted by Crippen LogP contribution is -2.43. The van der Waals surface area contributed by atoms with Crippen molar-refractivity contribution < 1.29 is 0 Å². The minimum Gasteiger partial charge on any atom is -0.321 e. The van der Waals surface area contributed by atoms with E-state index in [1.807, 2.05) is 12.1 Å². The lowest BCUT2D eigenvalue weighted by molar-refractivity contribution is 0.252. The van der Waals surface area contributed by atoms with E-state index in [1.165, 1.54) is 12.0 Å². The molecule has 1 aromatic rings. The Morgan fingerprint density at radius 2 is 1.92 bits per heavy atom. The quantitative estimate of drug-likeness (QED) is 0.843. The molecule has 70 valence electrons. The lowest BCUT2D eigenvalue weighted by Gasteiger charge is -2.39. The van der Waals surface area contributed by atoms with Crippen LogP contribution in [0, 0.1) is 0 Å². The molecular weight excluding hydrogens is 294 g/mol. The molecule has 13 heavy (non-hydrogen) atoms. The summed E-state index contributed by atoms with van der Waals surface area (Å²) in [7, 11) is 0. The number of nitrogens with two attached hydrogens (primary N) is 1. The van der Waals surface area contributed by atoms with Crippen molar-refractivity contribution in [3.8, 4) is 0 Å². The molecule has 0 atom stereocenters. The first kappa shape index (κ1) is 9.69. The van der Waals surface area contributed by atoms with Gasteiger partial charge in [-0.25, -0.2) is 0 Å². The molecule has 0 amide bonds. The van der Waals surface area contributed by atoms with Crippen molar-refractivity contribution in [2.24, 2.45) is 5.73 Å². The smallest absolute Gasteiger partial charge is 0.0421 e. The molecule has 0 unspecified atom stereocenters. The number of rotatable bonds is 1. The monoisotopic (exact) mass is 303 g/mol. The second kappa shape index (κ2) is 3.37. The highest BCUT2D eigenvalue weighted by Crippen LogP contribution is 2.42. The first-order chi connectivity index (χ1) is 6.12. The van der Waals surface area contributed by atoms with Crippen LogP contribution >= 0.6 is 31.9 Å². The zero-order valence-corrected chi connectivity index (χ0v) is 10.4. The maximum Gasteiger partial charge on any atom is 0.0421 e. The third-order valence-corrected chi connectivity index (χ3v) is 3.90. The summed E-state index contributed by atoms with van der Waals surface area (Å²) in [6.07, 6.45) is 3.44. The Morgan fingerprint density at radius 1 is 1.23 bits per heavy atom. The Kier molecular flexibility index (Phi) is 2.51. The molecule has 0 heterocycles. The first-order valence-corrected chi connectivity index (χ1v) is 5.95. The van der Waals surface area contributed by atoms with Crippen LogP contribution in [0.2, 0.25) is 0 Å². The normalized spacial score (nSPS) is 19.6. The van der Waals surface area contributed by atoms with Gasteiger partial charge in [0.15, 0.2) is 0 Å². The largest absolute Gasteiger partial charge is 0.321 e. The second-order valence-electron chi connectivity index (χ2n) is 3.63. The van der Waals surface area contributed by atoms with E-state index in [2.05, 4.69) is 37.9 Å². The van der Waals surface area contributed by atoms with Gasteiger partial charge in [-0.2, -0.15) is 0 Å². The zero-order chi connectivity index (χ0) is 9.47. The summed E-state index contributed by atoms with van der Waals surface area (Å²) < 4.78 is 2.22. The van der Waals surface area contributed by atoms with Crippen LogP contribution in [0.3, 0.4) is 0 Å². The summed E-state index contributed by atoms with van der Waals surface area (Å²) in [6.45, 7) is 0. The van der Waals surface area contributed by atoms with Gasteiger partial charge >= 0.3 is 0 Å². The zero-order valence-electron chi connectivity index (χ0n) is 7.19. The van der Waals surface area contributed by atoms with Gasteiger partial charge in [-0.05, 0) is 43.0 Å². The van der Waals surface area contributed by atoms with Crippen LogP contribution in [0.5, 0.6) is 0 Å². The maximum atomic E-state index is 6.24. The van der Waals surface area contributed by atoms with Gasteiger partial charge in [0, 0.05) is 14.5 Å². The summed E-state index contributed by atoms with van der Waals surface area (Å²) in [5, 5.41) is 0. The van der Waals surface area contributed by atoms with Crippen LogP contribution in [-0.4, -0.2) is 0 Å². The molecule has 0 radical (unpaired) electrons. The van der Waals surface area contributed by atoms with Crippen molar-refractivity contribution in [1.82, 2.24) is 0 Å². The van der Waals surface area contributed by atoms with E-state index in [0.29, 0.717) is 0 Å². The average Bonchev–Trinajstić information content (AvgIpc) is 2.05. The van der Waals surface area contributed by atoms with Crippen LogP contribution in [0.25, 0.3) is 0 Å². The van der Waals surface area contributed by atoms with Crippen molar-refractivity contribution in [3.63, 3.8) is 0 Å². The van der Waals surface area contributed by atoms with Crippen molar-refractivity contribution in [2.45, 2.75) is 24.8 Å². The molecule has 3 heteroatoms. The summed E-state index contributed by atoms with van der Waals surface area (Å²) >= 11 is 7.01. The van der Waals surface area contributed by atoms with E-state index in [4.69, 9.17) is 5.73 Å². The number of halogens is 2. The highest BCUT2D eigenvalue weighted by molar-refractivity contribution is 9.11. The fourth-order valence-electron chi connectivity index (χ4n) is 1.71. The Hall–Kier alpha value is 0.140. The summed E-state index contributed by atoms with van der Waals surface area (Å²) in [4.78, 5) is 0. The summed E-state index contributed by atoms with van der Waals surface area (Å²) in [5.41, 5.74) is 7.39. The van der Waals surface area contributed by atoms with Crippen molar-refractivity contribution in [2.75, 3.05) is 0 Å². The second-order valence-corrected chi connectivity index (χ2v) is 5.40. The van der Waals surface area contributed by atoms with Gasteiger partial charge in [-0.1, -0.05) is 31.9 Å². The van der Waals surface area contributed by atoms with Crippen molar-refractivity contribution >= 4 is 31.9 Å². The number of hydrogen-bond acceptors (Lipinski definition) is 1. The third-order valence-electron chi connectivity index (χ3n) is 2.71. The Labute approximate surface area is 95.0 Å². The predicted octanol–water partition coefficient (Wildman–Crippen LogP) is 3.55. The minimum absolute atomic E-state index is 0.0807. The van der Waals surface area contributed by atoms with Gasteiger partial charge in [0.25, 0.3) is 0 Å². The fourth-order valence-corrected chi connectivity index (χ4v) is 2.71. The van der Waals surface area contributed by atoms with Gasteiger partial charge in [0.05, 0.1) is 0 Å². The molecule has 1 saturated carbocycles. The molecule has 1 aliphatic carbocycles. The van der Waals surface area contributed by atoms with E-state index in [0.717, 1.165) is 21.8 Å². The highest BCUT2D eigenvalue weighted by atomic mass is 79.9. The summed E-state index contributed by atoms with van der Waals surface area (Å²) in [6, 6.07) is 6.19. The van der Waals surface area contributed by atoms with Crippen LogP contribution in [0.15, 0.2) is 27.1 Å². The highest BCUT2D eigenvalue weighted by Gasteiger charge is 2.35. The van der Waals surface area contributed by atoms with E-state index >= 15 is 0 Å². The molecule has 0 spiro atoms. The van der Waals surface area contributed by atoms with Crippen LogP contribution in [0.1, 0.15) is 24.8 Å². The van der Waals surface area contributed by atoms with Crippen LogP contribution in [-0.2, 0) is 5.54 Å². The van der Waals surface area contributed by atoms with Crippen molar-refractivity contribution in [3.05, 3.63) is 32.7 Å². The van der Waals surface area contributed by atoms with Crippen LogP contribution < -0.4 is 5.73 Å². The first-order valence-electron chi connectivity index (χ1n) is 4.36. The number of hydrogen-bond donors (Lipinski definition) is 1. The Morgan fingerprint density at radius 3 is 2.46 bits per heavy atom. The topological polar surface area (TPSA) is 26.0 Å². The third kappa shape index (κ3) is 1.69. The molecule has 1 nitrogen and oxygen atoms in total. The van der Waals surface area contributed by atoms with E-state index < -0.39 is 0 Å². The molecule has 0 saturated heterocycles. The minimum atomic E-state index is -0.0807. The molecular formula is C10H11Br2N. The molecule has 0 aliphatic heterocycles. The van der Waals surface area contributed by atoms with Gasteiger partial charge in [-0.3, -0.25) is 0 Å².